The first-order chi connectivity index (χ1) is 8.95. The fraction of sp³-hybridized carbons (Fsp3) is 0.0909. The van der Waals surface area contributed by atoms with Crippen LogP contribution < -0.4 is 0 Å². The number of aromatic nitrogens is 2. The van der Waals surface area contributed by atoms with Gasteiger partial charge in [-0.1, -0.05) is 12.1 Å². The predicted molar refractivity (Wildman–Crippen MR) is 56.2 cm³/mol. The Morgan fingerprint density at radius 3 is 2.53 bits per heavy atom. The standard InChI is InChI=1S/C11H5F3N2O3/c12-11(13,14)10-16-15-9(19-10)7-4-5-2-1-3-6(17)8(5)18-7/h1-4,17H. The van der Waals surface area contributed by atoms with Gasteiger partial charge in [-0.2, -0.15) is 13.2 Å². The second-order valence-electron chi connectivity index (χ2n) is 3.72. The maximum Gasteiger partial charge on any atom is 0.470 e. The first kappa shape index (κ1) is 11.6. The molecule has 1 N–H and O–H groups in total. The highest BCUT2D eigenvalue weighted by atomic mass is 19.4. The maximum atomic E-state index is 12.3. The molecule has 2 heterocycles. The quantitative estimate of drug-likeness (QED) is 0.735. The molecule has 3 aromatic rings. The summed E-state index contributed by atoms with van der Waals surface area (Å²) >= 11 is 0. The minimum atomic E-state index is -4.71. The summed E-state index contributed by atoms with van der Waals surface area (Å²) < 4.78 is 46.6. The molecule has 98 valence electrons. The van der Waals surface area contributed by atoms with E-state index in [4.69, 9.17) is 4.42 Å². The van der Waals surface area contributed by atoms with Crippen molar-refractivity contribution in [3.63, 3.8) is 0 Å². The van der Waals surface area contributed by atoms with Gasteiger partial charge in [0.2, 0.25) is 0 Å². The fourth-order valence-electron chi connectivity index (χ4n) is 1.59. The lowest BCUT2D eigenvalue weighted by atomic mass is 10.2. The van der Waals surface area contributed by atoms with Gasteiger partial charge in [-0.05, 0) is 12.1 Å². The van der Waals surface area contributed by atoms with Gasteiger partial charge in [0.05, 0.1) is 0 Å². The van der Waals surface area contributed by atoms with Crippen LogP contribution >= 0.6 is 0 Å². The van der Waals surface area contributed by atoms with E-state index in [2.05, 4.69) is 14.6 Å². The lowest BCUT2D eigenvalue weighted by molar-refractivity contribution is -0.157. The number of halogens is 3. The fourth-order valence-corrected chi connectivity index (χ4v) is 1.59. The Balaban J connectivity index is 2.09. The molecule has 2 aromatic heterocycles. The van der Waals surface area contributed by atoms with Crippen LogP contribution in [0.3, 0.4) is 0 Å². The van der Waals surface area contributed by atoms with Gasteiger partial charge in [0.1, 0.15) is 0 Å². The molecule has 0 spiro atoms. The molecule has 0 aliphatic heterocycles. The van der Waals surface area contributed by atoms with E-state index in [0.29, 0.717) is 5.39 Å². The van der Waals surface area contributed by atoms with Crippen molar-refractivity contribution in [3.8, 4) is 17.4 Å². The van der Waals surface area contributed by atoms with Crippen molar-refractivity contribution in [2.75, 3.05) is 0 Å². The number of benzene rings is 1. The van der Waals surface area contributed by atoms with Crippen molar-refractivity contribution in [2.24, 2.45) is 0 Å². The van der Waals surface area contributed by atoms with Crippen LogP contribution in [0.4, 0.5) is 13.2 Å². The largest absolute Gasteiger partial charge is 0.504 e. The zero-order valence-electron chi connectivity index (χ0n) is 9.10. The zero-order valence-corrected chi connectivity index (χ0v) is 9.10. The average molecular weight is 270 g/mol. The van der Waals surface area contributed by atoms with Crippen LogP contribution in [0.2, 0.25) is 0 Å². The molecule has 0 saturated carbocycles. The molecule has 0 bridgehead atoms. The van der Waals surface area contributed by atoms with E-state index in [1.165, 1.54) is 12.1 Å². The summed E-state index contributed by atoms with van der Waals surface area (Å²) in [6, 6.07) is 6.00. The van der Waals surface area contributed by atoms with Crippen LogP contribution in [0.1, 0.15) is 5.89 Å². The summed E-state index contributed by atoms with van der Waals surface area (Å²) in [7, 11) is 0. The van der Waals surface area contributed by atoms with Crippen LogP contribution in [-0.4, -0.2) is 15.3 Å². The molecular weight excluding hydrogens is 265 g/mol. The van der Waals surface area contributed by atoms with Gasteiger partial charge in [0.15, 0.2) is 17.1 Å². The van der Waals surface area contributed by atoms with Gasteiger partial charge in [-0.15, -0.1) is 10.2 Å². The molecule has 0 unspecified atom stereocenters. The van der Waals surface area contributed by atoms with Gasteiger partial charge in [0, 0.05) is 5.39 Å². The zero-order chi connectivity index (χ0) is 13.6. The summed E-state index contributed by atoms with van der Waals surface area (Å²) in [5.41, 5.74) is 0.143. The third-order valence-corrected chi connectivity index (χ3v) is 2.40. The Morgan fingerprint density at radius 2 is 1.89 bits per heavy atom. The number of hydrogen-bond acceptors (Lipinski definition) is 5. The Hall–Kier alpha value is -2.51. The number of fused-ring (bicyclic) bond motifs is 1. The monoisotopic (exact) mass is 270 g/mol. The highest BCUT2D eigenvalue weighted by Gasteiger charge is 2.38. The van der Waals surface area contributed by atoms with E-state index in [9.17, 15) is 18.3 Å². The van der Waals surface area contributed by atoms with Crippen LogP contribution in [0.15, 0.2) is 33.1 Å². The third kappa shape index (κ3) is 1.90. The lowest BCUT2D eigenvalue weighted by Crippen LogP contribution is -2.04. The van der Waals surface area contributed by atoms with Gasteiger partial charge in [0.25, 0.3) is 5.89 Å². The molecule has 0 aliphatic rings. The van der Waals surface area contributed by atoms with E-state index in [0.717, 1.165) is 0 Å². The third-order valence-electron chi connectivity index (χ3n) is 2.40. The Labute approximate surface area is 103 Å². The van der Waals surface area contributed by atoms with Crippen molar-refractivity contribution in [3.05, 3.63) is 30.2 Å². The van der Waals surface area contributed by atoms with E-state index in [1.54, 1.807) is 12.1 Å². The molecule has 8 heteroatoms. The van der Waals surface area contributed by atoms with Crippen molar-refractivity contribution in [1.82, 2.24) is 10.2 Å². The van der Waals surface area contributed by atoms with Gasteiger partial charge >= 0.3 is 12.1 Å². The first-order valence-electron chi connectivity index (χ1n) is 5.08. The Morgan fingerprint density at radius 1 is 1.11 bits per heavy atom. The normalized spacial score (nSPS) is 12.2. The smallest absolute Gasteiger partial charge is 0.470 e. The molecule has 0 fully saturated rings. The van der Waals surface area contributed by atoms with Crippen LogP contribution in [0.25, 0.3) is 22.6 Å². The Bertz CT molecular complexity index is 745. The van der Waals surface area contributed by atoms with Gasteiger partial charge in [-0.3, -0.25) is 0 Å². The minimum Gasteiger partial charge on any atom is -0.504 e. The molecule has 0 aliphatic carbocycles. The summed E-state index contributed by atoms with van der Waals surface area (Å²) in [6.45, 7) is 0. The number of phenols is 1. The van der Waals surface area contributed by atoms with Crippen molar-refractivity contribution in [2.45, 2.75) is 6.18 Å². The highest BCUT2D eigenvalue weighted by Crippen LogP contribution is 2.34. The van der Waals surface area contributed by atoms with Crippen LogP contribution in [0, 0.1) is 0 Å². The molecule has 19 heavy (non-hydrogen) atoms. The molecular formula is C11H5F3N2O3. The second kappa shape index (κ2) is 3.74. The van der Waals surface area contributed by atoms with E-state index >= 15 is 0 Å². The highest BCUT2D eigenvalue weighted by molar-refractivity contribution is 5.86. The molecule has 0 radical (unpaired) electrons. The molecule has 0 atom stereocenters. The number of alkyl halides is 3. The van der Waals surface area contributed by atoms with Gasteiger partial charge in [-0.25, -0.2) is 0 Å². The summed E-state index contributed by atoms with van der Waals surface area (Å²) in [6.07, 6.45) is -4.71. The average Bonchev–Trinajstić information content (AvgIpc) is 2.94. The number of hydrogen-bond donors (Lipinski definition) is 1. The van der Waals surface area contributed by atoms with Crippen LogP contribution in [0.5, 0.6) is 5.75 Å². The minimum absolute atomic E-state index is 0.0421. The molecule has 3 rings (SSSR count). The molecule has 0 amide bonds. The summed E-state index contributed by atoms with van der Waals surface area (Å²) in [5.74, 6) is -2.02. The maximum absolute atomic E-state index is 12.3. The first-order valence-corrected chi connectivity index (χ1v) is 5.08. The van der Waals surface area contributed by atoms with Crippen LogP contribution in [-0.2, 0) is 6.18 Å². The van der Waals surface area contributed by atoms with E-state index < -0.39 is 18.0 Å². The molecule has 0 saturated heterocycles. The molecule has 5 nitrogen and oxygen atoms in total. The van der Waals surface area contributed by atoms with Crippen molar-refractivity contribution < 1.29 is 27.1 Å². The number of furan rings is 1. The van der Waals surface area contributed by atoms with E-state index in [-0.39, 0.29) is 17.1 Å². The van der Waals surface area contributed by atoms with Crippen molar-refractivity contribution >= 4 is 11.0 Å². The van der Waals surface area contributed by atoms with Gasteiger partial charge < -0.3 is 13.9 Å². The number of aromatic hydroxyl groups is 1. The lowest BCUT2D eigenvalue weighted by Gasteiger charge is -1.96. The molecule has 1 aromatic carbocycles. The predicted octanol–water partition coefficient (Wildman–Crippen LogP) is 3.21. The summed E-state index contributed by atoms with van der Waals surface area (Å²) in [4.78, 5) is 0. The number of phenolic OH excluding ortho intramolecular Hbond substituents is 1. The number of rotatable bonds is 1. The SMILES string of the molecule is Oc1cccc2cc(-c3nnc(C(F)(F)F)o3)oc12. The topological polar surface area (TPSA) is 72.3 Å². The number of para-hydroxylation sites is 1. The van der Waals surface area contributed by atoms with E-state index in [1.807, 2.05) is 0 Å². The van der Waals surface area contributed by atoms with Crippen molar-refractivity contribution in [1.29, 1.82) is 0 Å². The number of nitrogens with zero attached hydrogens (tertiary/aromatic N) is 2. The summed E-state index contributed by atoms with van der Waals surface area (Å²) in [5, 5.41) is 16.2. The Kier molecular flexibility index (Phi) is 2.28. The second-order valence-corrected chi connectivity index (χ2v) is 3.72.